The van der Waals surface area contributed by atoms with Crippen LogP contribution in [-0.2, 0) is 23.1 Å². The van der Waals surface area contributed by atoms with E-state index in [1.165, 1.54) is 6.07 Å². The van der Waals surface area contributed by atoms with Crippen molar-refractivity contribution in [2.75, 3.05) is 11.6 Å². The summed E-state index contributed by atoms with van der Waals surface area (Å²) in [7, 11) is -0.935. The first kappa shape index (κ1) is 16.0. The molecule has 2 rings (SSSR count). The Hall–Kier alpha value is -1.39. The first-order valence-electron chi connectivity index (χ1n) is 6.53. The van der Waals surface area contributed by atoms with Gasteiger partial charge in [0.25, 0.3) is 0 Å². The monoisotopic (exact) mass is 325 g/mol. The highest BCUT2D eigenvalue weighted by molar-refractivity contribution is 7.83. The number of nitrogens with one attached hydrogen (secondary N) is 1. The Morgan fingerprint density at radius 2 is 2.00 bits per heavy atom. The number of hydrogen-bond acceptors (Lipinski definition) is 2. The molecule has 2 aromatic rings. The van der Waals surface area contributed by atoms with Crippen LogP contribution in [0.15, 0.2) is 36.4 Å². The predicted molar refractivity (Wildman–Crippen MR) is 87.7 cm³/mol. The second-order valence-corrected chi connectivity index (χ2v) is 6.80. The molecule has 1 N–H and O–H groups in total. The van der Waals surface area contributed by atoms with Gasteiger partial charge in [0, 0.05) is 40.1 Å². The van der Waals surface area contributed by atoms with Gasteiger partial charge in [-0.1, -0.05) is 23.7 Å². The van der Waals surface area contributed by atoms with Crippen LogP contribution in [0.1, 0.15) is 16.7 Å². The van der Waals surface area contributed by atoms with Crippen LogP contribution < -0.4 is 5.32 Å². The topological polar surface area (TPSA) is 29.1 Å². The molecule has 2 aromatic carbocycles. The summed E-state index contributed by atoms with van der Waals surface area (Å²) >= 11 is 6.09. The van der Waals surface area contributed by atoms with Gasteiger partial charge >= 0.3 is 0 Å². The lowest BCUT2D eigenvalue weighted by atomic mass is 10.1. The van der Waals surface area contributed by atoms with Crippen molar-refractivity contribution in [3.63, 3.8) is 0 Å². The first-order valence-corrected chi connectivity index (χ1v) is 8.63. The third kappa shape index (κ3) is 4.55. The molecule has 0 radical (unpaired) electrons. The lowest BCUT2D eigenvalue weighted by Crippen LogP contribution is -2.02. The average molecular weight is 326 g/mol. The summed E-state index contributed by atoms with van der Waals surface area (Å²) in [5.41, 5.74) is 3.40. The minimum absolute atomic E-state index is 0.196. The molecule has 0 spiro atoms. The Bertz CT molecular complexity index is 675. The first-order chi connectivity index (χ1) is 9.95. The van der Waals surface area contributed by atoms with Gasteiger partial charge < -0.3 is 5.32 Å². The molecular weight excluding hydrogens is 309 g/mol. The fourth-order valence-electron chi connectivity index (χ4n) is 2.04. The molecule has 0 unspecified atom stereocenters. The molecule has 0 saturated carbocycles. The second-order valence-electron chi connectivity index (χ2n) is 4.96. The van der Waals surface area contributed by atoms with Gasteiger partial charge in [0.1, 0.15) is 5.82 Å². The summed E-state index contributed by atoms with van der Waals surface area (Å²) in [5, 5.41) is 3.89. The van der Waals surface area contributed by atoms with E-state index in [-0.39, 0.29) is 5.82 Å². The SMILES string of the molecule is Cc1cc(CNc2ccc(Cl)c(C[S@@](C)=O)c2)ccc1F. The molecule has 1 atom stereocenters. The zero-order valence-corrected chi connectivity index (χ0v) is 13.5. The van der Waals surface area contributed by atoms with Gasteiger partial charge in [0.05, 0.1) is 0 Å². The third-order valence-corrected chi connectivity index (χ3v) is 4.21. The summed E-state index contributed by atoms with van der Waals surface area (Å²) in [6.45, 7) is 2.34. The van der Waals surface area contributed by atoms with Crippen LogP contribution in [0.25, 0.3) is 0 Å². The van der Waals surface area contributed by atoms with Gasteiger partial charge in [-0.05, 0) is 47.9 Å². The van der Waals surface area contributed by atoms with Gasteiger partial charge in [-0.25, -0.2) is 4.39 Å². The molecule has 21 heavy (non-hydrogen) atoms. The van der Waals surface area contributed by atoms with E-state index in [0.717, 1.165) is 16.8 Å². The van der Waals surface area contributed by atoms with Crippen LogP contribution in [-0.4, -0.2) is 10.5 Å². The molecule has 0 aliphatic heterocycles. The van der Waals surface area contributed by atoms with Crippen LogP contribution in [0, 0.1) is 12.7 Å². The fraction of sp³-hybridized carbons (Fsp3) is 0.250. The van der Waals surface area contributed by atoms with Crippen molar-refractivity contribution in [3.8, 4) is 0 Å². The van der Waals surface area contributed by atoms with Crippen molar-refractivity contribution in [2.24, 2.45) is 0 Å². The highest BCUT2D eigenvalue weighted by atomic mass is 35.5. The molecule has 0 saturated heterocycles. The van der Waals surface area contributed by atoms with Crippen molar-refractivity contribution < 1.29 is 8.60 Å². The summed E-state index contributed by atoms with van der Waals surface area (Å²) in [6, 6.07) is 10.6. The molecule has 0 bridgehead atoms. The minimum atomic E-state index is -0.935. The molecule has 5 heteroatoms. The van der Waals surface area contributed by atoms with Crippen molar-refractivity contribution in [2.45, 2.75) is 19.2 Å². The fourth-order valence-corrected chi connectivity index (χ4v) is 2.98. The van der Waals surface area contributed by atoms with Crippen LogP contribution in [0.4, 0.5) is 10.1 Å². The largest absolute Gasteiger partial charge is 0.381 e. The van der Waals surface area contributed by atoms with E-state index < -0.39 is 10.8 Å². The molecule has 0 heterocycles. The lowest BCUT2D eigenvalue weighted by Gasteiger charge is -2.10. The number of halogens is 2. The summed E-state index contributed by atoms with van der Waals surface area (Å²) in [5.74, 6) is 0.238. The van der Waals surface area contributed by atoms with Gasteiger partial charge in [0.15, 0.2) is 0 Å². The van der Waals surface area contributed by atoms with E-state index in [9.17, 15) is 8.60 Å². The van der Waals surface area contributed by atoms with Crippen LogP contribution in [0.2, 0.25) is 5.02 Å². The number of anilines is 1. The van der Waals surface area contributed by atoms with Crippen molar-refractivity contribution in [1.29, 1.82) is 0 Å². The number of hydrogen-bond donors (Lipinski definition) is 1. The molecule has 0 aliphatic carbocycles. The average Bonchev–Trinajstić information content (AvgIpc) is 2.43. The Kier molecular flexibility index (Phi) is 5.37. The normalized spacial score (nSPS) is 12.2. The van der Waals surface area contributed by atoms with Crippen LogP contribution >= 0.6 is 11.6 Å². The molecule has 2 nitrogen and oxygen atoms in total. The Morgan fingerprint density at radius 3 is 2.67 bits per heavy atom. The van der Waals surface area contributed by atoms with Crippen molar-refractivity contribution in [1.82, 2.24) is 0 Å². The molecule has 0 aromatic heterocycles. The Morgan fingerprint density at radius 1 is 1.24 bits per heavy atom. The van der Waals surface area contributed by atoms with Gasteiger partial charge in [-0.3, -0.25) is 4.21 Å². The van der Waals surface area contributed by atoms with E-state index >= 15 is 0 Å². The van der Waals surface area contributed by atoms with Gasteiger partial charge in [-0.15, -0.1) is 0 Å². The zero-order chi connectivity index (χ0) is 15.4. The molecule has 0 amide bonds. The summed E-state index contributed by atoms with van der Waals surface area (Å²) < 4.78 is 24.5. The zero-order valence-electron chi connectivity index (χ0n) is 12.0. The highest BCUT2D eigenvalue weighted by Gasteiger charge is 2.05. The second kappa shape index (κ2) is 7.05. The standard InChI is InChI=1S/C16H17ClFNOS/c1-11-7-12(3-6-16(11)18)9-19-14-4-5-15(17)13(8-14)10-21(2)20/h3-8,19H,9-10H2,1-2H3/t21-/m1/s1. The van der Waals surface area contributed by atoms with E-state index in [1.54, 1.807) is 25.3 Å². The van der Waals surface area contributed by atoms with E-state index in [2.05, 4.69) is 5.32 Å². The quantitative estimate of drug-likeness (QED) is 0.889. The lowest BCUT2D eigenvalue weighted by molar-refractivity contribution is 0.617. The van der Waals surface area contributed by atoms with Crippen molar-refractivity contribution in [3.05, 3.63) is 63.9 Å². The summed E-state index contributed by atoms with van der Waals surface area (Å²) in [4.78, 5) is 0. The number of aryl methyl sites for hydroxylation is 1. The molecule has 0 fully saturated rings. The maximum atomic E-state index is 13.2. The Balaban J connectivity index is 2.09. The smallest absolute Gasteiger partial charge is 0.126 e. The van der Waals surface area contributed by atoms with Crippen molar-refractivity contribution >= 4 is 28.1 Å². The van der Waals surface area contributed by atoms with E-state index in [0.29, 0.717) is 22.9 Å². The maximum Gasteiger partial charge on any atom is 0.126 e. The van der Waals surface area contributed by atoms with Crippen LogP contribution in [0.5, 0.6) is 0 Å². The van der Waals surface area contributed by atoms with Gasteiger partial charge in [0.2, 0.25) is 0 Å². The van der Waals surface area contributed by atoms with E-state index in [1.807, 2.05) is 18.2 Å². The third-order valence-electron chi connectivity index (χ3n) is 3.12. The number of rotatable bonds is 5. The van der Waals surface area contributed by atoms with Crippen LogP contribution in [0.3, 0.4) is 0 Å². The molecular formula is C16H17ClFNOS. The van der Waals surface area contributed by atoms with E-state index in [4.69, 9.17) is 11.6 Å². The summed E-state index contributed by atoms with van der Waals surface area (Å²) in [6.07, 6.45) is 1.65. The predicted octanol–water partition coefficient (Wildman–Crippen LogP) is 4.28. The highest BCUT2D eigenvalue weighted by Crippen LogP contribution is 2.22. The van der Waals surface area contributed by atoms with Gasteiger partial charge in [-0.2, -0.15) is 0 Å². The Labute approximate surface area is 131 Å². The number of benzene rings is 2. The minimum Gasteiger partial charge on any atom is -0.381 e. The maximum absolute atomic E-state index is 13.2. The molecule has 0 aliphatic rings. The molecule has 112 valence electrons.